The molecule has 0 aliphatic heterocycles. The largest absolute Gasteiger partial charge is 0.469 e. The van der Waals surface area contributed by atoms with Crippen LogP contribution in [-0.4, -0.2) is 40.8 Å². The number of aromatic nitrogens is 2. The molecule has 1 heterocycles. The zero-order valence-electron chi connectivity index (χ0n) is 13.8. The maximum atomic E-state index is 11.8. The van der Waals surface area contributed by atoms with Crippen LogP contribution in [0.1, 0.15) is 12.8 Å². The number of nitrogens with zero attached hydrogens (tertiary/aromatic N) is 2. The number of hydrogen-bond acceptors (Lipinski definition) is 5. The second kappa shape index (κ2) is 9.12. The molecule has 1 N–H and O–H groups in total. The van der Waals surface area contributed by atoms with E-state index in [1.54, 1.807) is 0 Å². The Morgan fingerprint density at radius 2 is 2.04 bits per heavy atom. The topological polar surface area (TPSA) is 73.2 Å². The van der Waals surface area contributed by atoms with E-state index in [2.05, 4.69) is 15.0 Å². The molecule has 2 aromatic rings. The van der Waals surface area contributed by atoms with Crippen LogP contribution in [0.3, 0.4) is 0 Å². The van der Waals surface area contributed by atoms with E-state index >= 15 is 0 Å². The van der Waals surface area contributed by atoms with Crippen LogP contribution in [-0.2, 0) is 21.4 Å². The smallest absolute Gasteiger partial charge is 0.305 e. The van der Waals surface area contributed by atoms with Gasteiger partial charge in [-0.2, -0.15) is 0 Å². The Morgan fingerprint density at radius 3 is 2.75 bits per heavy atom. The van der Waals surface area contributed by atoms with Crippen molar-refractivity contribution in [3.8, 4) is 11.3 Å². The first-order valence-corrected chi connectivity index (χ1v) is 8.64. The lowest BCUT2D eigenvalue weighted by molar-refractivity contribution is -0.140. The summed E-state index contributed by atoms with van der Waals surface area (Å²) in [4.78, 5) is 27.2. The third-order valence-corrected chi connectivity index (χ3v) is 4.50. The number of carbonyl (C=O) groups is 2. The number of benzene rings is 1. The first-order valence-electron chi connectivity index (χ1n) is 7.65. The van der Waals surface area contributed by atoms with E-state index in [1.807, 2.05) is 48.1 Å². The lowest BCUT2D eigenvalue weighted by Crippen LogP contribution is -2.26. The average molecular weight is 347 g/mol. The second-order valence-electron chi connectivity index (χ2n) is 5.17. The Kier molecular flexibility index (Phi) is 6.87. The molecule has 0 fully saturated rings. The number of methoxy groups -OCH3 is 1. The number of nitrogens with one attached hydrogen (secondary N) is 1. The molecule has 6 nitrogen and oxygen atoms in total. The maximum Gasteiger partial charge on any atom is 0.305 e. The third-order valence-electron chi connectivity index (χ3n) is 3.45. The van der Waals surface area contributed by atoms with E-state index in [0.29, 0.717) is 19.4 Å². The molecule has 0 saturated heterocycles. The molecule has 1 aromatic heterocycles. The summed E-state index contributed by atoms with van der Waals surface area (Å²) in [5, 5.41) is 3.58. The van der Waals surface area contributed by atoms with Crippen molar-refractivity contribution in [2.45, 2.75) is 18.0 Å². The number of imidazole rings is 1. The molecule has 7 heteroatoms. The Bertz CT molecular complexity index is 686. The molecule has 0 atom stereocenters. The van der Waals surface area contributed by atoms with Gasteiger partial charge in [-0.25, -0.2) is 4.98 Å². The van der Waals surface area contributed by atoms with E-state index in [4.69, 9.17) is 0 Å². The molecule has 2 rings (SSSR count). The number of hydrogen-bond donors (Lipinski definition) is 1. The number of amides is 1. The predicted molar refractivity (Wildman–Crippen MR) is 93.6 cm³/mol. The zero-order valence-corrected chi connectivity index (χ0v) is 14.6. The van der Waals surface area contributed by atoms with E-state index in [1.165, 1.54) is 18.9 Å². The summed E-state index contributed by atoms with van der Waals surface area (Å²) < 4.78 is 6.52. The fraction of sp³-hybridized carbons (Fsp3) is 0.353. The Balaban J connectivity index is 1.79. The summed E-state index contributed by atoms with van der Waals surface area (Å²) in [6, 6.07) is 9.99. The van der Waals surface area contributed by atoms with Crippen LogP contribution >= 0.6 is 11.8 Å². The van der Waals surface area contributed by atoms with Gasteiger partial charge in [-0.3, -0.25) is 9.59 Å². The van der Waals surface area contributed by atoms with Crippen molar-refractivity contribution in [1.29, 1.82) is 0 Å². The molecule has 1 aromatic carbocycles. The average Bonchev–Trinajstić information content (AvgIpc) is 2.98. The van der Waals surface area contributed by atoms with Crippen LogP contribution in [0.15, 0.2) is 41.7 Å². The first-order chi connectivity index (χ1) is 11.6. The minimum absolute atomic E-state index is 0.0749. The SMILES string of the molecule is COC(=O)CCCNC(=O)CSc1ncc(-c2ccccc2)n1C. The van der Waals surface area contributed by atoms with Crippen LogP contribution in [0.5, 0.6) is 0 Å². The van der Waals surface area contributed by atoms with Crippen molar-refractivity contribution in [2.75, 3.05) is 19.4 Å². The standard InChI is InChI=1S/C17H21N3O3S/c1-20-14(13-7-4-3-5-8-13)11-19-17(20)24-12-15(21)18-10-6-9-16(22)23-2/h3-5,7-8,11H,6,9-10,12H2,1-2H3,(H,18,21). The van der Waals surface area contributed by atoms with Gasteiger partial charge in [0, 0.05) is 20.0 Å². The molecule has 0 saturated carbocycles. The zero-order chi connectivity index (χ0) is 17.4. The summed E-state index contributed by atoms with van der Waals surface area (Å²) in [6.07, 6.45) is 2.69. The lowest BCUT2D eigenvalue weighted by atomic mass is 10.2. The van der Waals surface area contributed by atoms with Crippen molar-refractivity contribution in [1.82, 2.24) is 14.9 Å². The minimum atomic E-state index is -0.264. The first kappa shape index (κ1) is 18.1. The van der Waals surface area contributed by atoms with Gasteiger partial charge in [0.05, 0.1) is 24.8 Å². The van der Waals surface area contributed by atoms with Gasteiger partial charge in [-0.1, -0.05) is 42.1 Å². The molecule has 0 aliphatic carbocycles. The predicted octanol–water partition coefficient (Wildman–Crippen LogP) is 2.25. The second-order valence-corrected chi connectivity index (χ2v) is 6.11. The maximum absolute atomic E-state index is 11.8. The minimum Gasteiger partial charge on any atom is -0.469 e. The van der Waals surface area contributed by atoms with Crippen molar-refractivity contribution in [2.24, 2.45) is 7.05 Å². The summed E-state index contributed by atoms with van der Waals surface area (Å²) in [6.45, 7) is 0.463. The van der Waals surface area contributed by atoms with Crippen LogP contribution in [0.4, 0.5) is 0 Å². The number of thioether (sulfide) groups is 1. The summed E-state index contributed by atoms with van der Waals surface area (Å²) in [5.74, 6) is -0.0497. The quantitative estimate of drug-likeness (QED) is 0.450. The molecule has 0 radical (unpaired) electrons. The molecule has 1 amide bonds. The molecule has 0 spiro atoms. The number of rotatable bonds is 8. The summed E-state index contributed by atoms with van der Waals surface area (Å²) in [5.41, 5.74) is 2.10. The summed E-state index contributed by atoms with van der Waals surface area (Å²) in [7, 11) is 3.29. The van der Waals surface area contributed by atoms with Crippen molar-refractivity contribution >= 4 is 23.6 Å². The van der Waals surface area contributed by atoms with Gasteiger partial charge in [0.15, 0.2) is 5.16 Å². The third kappa shape index (κ3) is 5.13. The summed E-state index contributed by atoms with van der Waals surface area (Å²) >= 11 is 1.39. The van der Waals surface area contributed by atoms with Crippen molar-refractivity contribution in [3.63, 3.8) is 0 Å². The fourth-order valence-electron chi connectivity index (χ4n) is 2.15. The molecule has 0 unspecified atom stereocenters. The van der Waals surface area contributed by atoms with E-state index in [-0.39, 0.29) is 17.6 Å². The molecule has 128 valence electrons. The van der Waals surface area contributed by atoms with Crippen LogP contribution in [0, 0.1) is 0 Å². The Morgan fingerprint density at radius 1 is 1.29 bits per heavy atom. The van der Waals surface area contributed by atoms with Gasteiger partial charge in [0.2, 0.25) is 5.91 Å². The lowest BCUT2D eigenvalue weighted by Gasteiger charge is -2.06. The van der Waals surface area contributed by atoms with E-state index < -0.39 is 0 Å². The van der Waals surface area contributed by atoms with E-state index in [0.717, 1.165) is 16.4 Å². The van der Waals surface area contributed by atoms with Crippen LogP contribution in [0.2, 0.25) is 0 Å². The van der Waals surface area contributed by atoms with Crippen LogP contribution in [0.25, 0.3) is 11.3 Å². The molecule has 24 heavy (non-hydrogen) atoms. The number of esters is 1. The van der Waals surface area contributed by atoms with Gasteiger partial charge in [0.1, 0.15) is 0 Å². The Labute approximate surface area is 145 Å². The normalized spacial score (nSPS) is 10.4. The molecule has 0 aliphatic rings. The number of ether oxygens (including phenoxy) is 1. The monoisotopic (exact) mass is 347 g/mol. The Hall–Kier alpha value is -2.28. The fourth-order valence-corrected chi connectivity index (χ4v) is 2.93. The van der Waals surface area contributed by atoms with Gasteiger partial charge < -0.3 is 14.6 Å². The highest BCUT2D eigenvalue weighted by molar-refractivity contribution is 7.99. The highest BCUT2D eigenvalue weighted by atomic mass is 32.2. The number of carbonyl (C=O) groups excluding carboxylic acids is 2. The van der Waals surface area contributed by atoms with E-state index in [9.17, 15) is 9.59 Å². The molecule has 0 bridgehead atoms. The van der Waals surface area contributed by atoms with Gasteiger partial charge in [-0.15, -0.1) is 0 Å². The van der Waals surface area contributed by atoms with Crippen molar-refractivity contribution < 1.29 is 14.3 Å². The van der Waals surface area contributed by atoms with Gasteiger partial charge >= 0.3 is 5.97 Å². The highest BCUT2D eigenvalue weighted by Crippen LogP contribution is 2.24. The van der Waals surface area contributed by atoms with Gasteiger partial charge in [0.25, 0.3) is 0 Å². The van der Waals surface area contributed by atoms with Crippen molar-refractivity contribution in [3.05, 3.63) is 36.5 Å². The van der Waals surface area contributed by atoms with Crippen LogP contribution < -0.4 is 5.32 Å². The molecular formula is C17H21N3O3S. The van der Waals surface area contributed by atoms with Gasteiger partial charge in [-0.05, 0) is 12.0 Å². The highest BCUT2D eigenvalue weighted by Gasteiger charge is 2.11. The molecular weight excluding hydrogens is 326 g/mol.